The summed E-state index contributed by atoms with van der Waals surface area (Å²) in [7, 11) is 0. The second-order valence-corrected chi connectivity index (χ2v) is 7.02. The zero-order chi connectivity index (χ0) is 16.4. The van der Waals surface area contributed by atoms with Gasteiger partial charge in [0.05, 0.1) is 0 Å². The van der Waals surface area contributed by atoms with Crippen LogP contribution in [0.25, 0.3) is 0 Å². The van der Waals surface area contributed by atoms with E-state index in [2.05, 4.69) is 12.2 Å². The first kappa shape index (κ1) is 16.2. The number of hydrogen-bond donors (Lipinski definition) is 1. The van der Waals surface area contributed by atoms with Gasteiger partial charge in [-0.25, -0.2) is 8.78 Å². The summed E-state index contributed by atoms with van der Waals surface area (Å²) in [6.45, 7) is 4.39. The number of hydrogen-bond acceptors (Lipinski definition) is 2. The highest BCUT2D eigenvalue weighted by molar-refractivity contribution is 5.76. The largest absolute Gasteiger partial charge is 0.371 e. The fourth-order valence-corrected chi connectivity index (χ4v) is 3.37. The molecule has 0 spiro atoms. The molecule has 1 N–H and O–H groups in total. The number of nitrogens with one attached hydrogen (secondary N) is 1. The molecule has 1 aliphatic carbocycles. The van der Waals surface area contributed by atoms with E-state index in [0.29, 0.717) is 30.5 Å². The Morgan fingerprint density at radius 2 is 2.09 bits per heavy atom. The van der Waals surface area contributed by atoms with Crippen LogP contribution in [0.4, 0.5) is 14.5 Å². The molecule has 1 saturated heterocycles. The van der Waals surface area contributed by atoms with Gasteiger partial charge in [0.2, 0.25) is 5.91 Å². The molecule has 3 nitrogen and oxygen atoms in total. The van der Waals surface area contributed by atoms with Gasteiger partial charge >= 0.3 is 0 Å². The highest BCUT2D eigenvalue weighted by atomic mass is 19.2. The van der Waals surface area contributed by atoms with Crippen molar-refractivity contribution in [1.29, 1.82) is 0 Å². The third-order valence-electron chi connectivity index (χ3n) is 5.08. The Bertz CT molecular complexity index is 574. The fourth-order valence-electron chi connectivity index (χ4n) is 3.37. The summed E-state index contributed by atoms with van der Waals surface area (Å²) >= 11 is 0. The monoisotopic (exact) mass is 322 g/mol. The molecule has 3 rings (SSSR count). The minimum Gasteiger partial charge on any atom is -0.371 e. The summed E-state index contributed by atoms with van der Waals surface area (Å²) in [5, 5.41) is 3.03. The Balaban J connectivity index is 1.44. The van der Waals surface area contributed by atoms with Crippen LogP contribution in [0.5, 0.6) is 0 Å². The Hall–Kier alpha value is -1.65. The standard InChI is InChI=1S/C18H24F2N2O/c1-12(14-2-3-14)8-18(23)21-10-13-6-7-22(11-13)15-4-5-16(19)17(20)9-15/h4-5,9,12-14H,2-3,6-8,10-11H2,1H3,(H,21,23)/t12-,13+/m1/s1. The quantitative estimate of drug-likeness (QED) is 0.871. The van der Waals surface area contributed by atoms with Gasteiger partial charge in [-0.05, 0) is 49.1 Å². The summed E-state index contributed by atoms with van der Waals surface area (Å²) < 4.78 is 26.3. The molecule has 1 saturated carbocycles. The number of anilines is 1. The molecule has 5 heteroatoms. The van der Waals surface area contributed by atoms with Crippen molar-refractivity contribution in [1.82, 2.24) is 5.32 Å². The Morgan fingerprint density at radius 1 is 1.30 bits per heavy atom. The third-order valence-corrected chi connectivity index (χ3v) is 5.08. The smallest absolute Gasteiger partial charge is 0.220 e. The topological polar surface area (TPSA) is 32.3 Å². The lowest BCUT2D eigenvalue weighted by molar-refractivity contribution is -0.122. The van der Waals surface area contributed by atoms with Crippen molar-refractivity contribution in [3.63, 3.8) is 0 Å². The van der Waals surface area contributed by atoms with E-state index < -0.39 is 11.6 Å². The average Bonchev–Trinajstić information content (AvgIpc) is 3.27. The van der Waals surface area contributed by atoms with E-state index in [9.17, 15) is 13.6 Å². The summed E-state index contributed by atoms with van der Waals surface area (Å²) in [4.78, 5) is 14.0. The van der Waals surface area contributed by atoms with Gasteiger partial charge in [0.15, 0.2) is 11.6 Å². The van der Waals surface area contributed by atoms with E-state index in [0.717, 1.165) is 25.4 Å². The predicted octanol–water partition coefficient (Wildman–Crippen LogP) is 3.34. The minimum atomic E-state index is -0.818. The summed E-state index contributed by atoms with van der Waals surface area (Å²) in [6, 6.07) is 4.02. The van der Waals surface area contributed by atoms with E-state index in [-0.39, 0.29) is 5.91 Å². The van der Waals surface area contributed by atoms with Crippen molar-refractivity contribution in [2.75, 3.05) is 24.5 Å². The maximum Gasteiger partial charge on any atom is 0.220 e. The van der Waals surface area contributed by atoms with E-state index in [4.69, 9.17) is 0 Å². The molecule has 0 bridgehead atoms. The molecule has 2 fully saturated rings. The zero-order valence-electron chi connectivity index (χ0n) is 13.5. The van der Waals surface area contributed by atoms with E-state index in [1.165, 1.54) is 25.0 Å². The molecule has 1 amide bonds. The highest BCUT2D eigenvalue weighted by Crippen LogP contribution is 2.38. The first-order chi connectivity index (χ1) is 11.0. The molecule has 126 valence electrons. The first-order valence-electron chi connectivity index (χ1n) is 8.49. The molecule has 1 aromatic rings. The minimum absolute atomic E-state index is 0.135. The Morgan fingerprint density at radius 3 is 2.78 bits per heavy atom. The summed E-state index contributed by atoms with van der Waals surface area (Å²) in [6.07, 6.45) is 4.10. The number of amides is 1. The van der Waals surface area contributed by atoms with Crippen molar-refractivity contribution >= 4 is 11.6 Å². The maximum absolute atomic E-state index is 13.3. The number of rotatable bonds is 6. The van der Waals surface area contributed by atoms with Crippen molar-refractivity contribution in [3.8, 4) is 0 Å². The van der Waals surface area contributed by atoms with Crippen LogP contribution in [-0.4, -0.2) is 25.5 Å². The zero-order valence-corrected chi connectivity index (χ0v) is 13.5. The van der Waals surface area contributed by atoms with Crippen LogP contribution in [0.1, 0.15) is 32.6 Å². The van der Waals surface area contributed by atoms with Gasteiger partial charge in [0.1, 0.15) is 0 Å². The predicted molar refractivity (Wildman–Crippen MR) is 86.2 cm³/mol. The average molecular weight is 322 g/mol. The molecule has 2 aliphatic rings. The molecular formula is C18H24F2N2O. The fraction of sp³-hybridized carbons (Fsp3) is 0.611. The molecule has 23 heavy (non-hydrogen) atoms. The second-order valence-electron chi connectivity index (χ2n) is 7.02. The molecule has 0 aromatic heterocycles. The van der Waals surface area contributed by atoms with E-state index in [1.807, 2.05) is 4.90 Å². The molecule has 2 atom stereocenters. The van der Waals surface area contributed by atoms with Gasteiger partial charge in [-0.3, -0.25) is 4.79 Å². The number of carbonyl (C=O) groups is 1. The Labute approximate surface area is 136 Å². The summed E-state index contributed by atoms with van der Waals surface area (Å²) in [5.41, 5.74) is 0.708. The third kappa shape index (κ3) is 4.21. The van der Waals surface area contributed by atoms with Crippen molar-refractivity contribution in [3.05, 3.63) is 29.8 Å². The number of nitrogens with zero attached hydrogens (tertiary/aromatic N) is 1. The SMILES string of the molecule is C[C@H](CC(=O)NC[C@@H]1CCN(c2ccc(F)c(F)c2)C1)C1CC1. The lowest BCUT2D eigenvalue weighted by Crippen LogP contribution is -2.32. The van der Waals surface area contributed by atoms with Crippen molar-refractivity contribution in [2.24, 2.45) is 17.8 Å². The molecular weight excluding hydrogens is 298 g/mol. The van der Waals surface area contributed by atoms with Gasteiger partial charge in [0, 0.05) is 37.8 Å². The van der Waals surface area contributed by atoms with Crippen LogP contribution < -0.4 is 10.2 Å². The lowest BCUT2D eigenvalue weighted by Gasteiger charge is -2.19. The number of carbonyl (C=O) groups excluding carboxylic acids is 1. The van der Waals surface area contributed by atoms with Gasteiger partial charge in [-0.2, -0.15) is 0 Å². The number of benzene rings is 1. The van der Waals surface area contributed by atoms with Crippen LogP contribution in [0.2, 0.25) is 0 Å². The summed E-state index contributed by atoms with van der Waals surface area (Å²) in [5.74, 6) is 0.0993. The van der Waals surface area contributed by atoms with Crippen LogP contribution in [-0.2, 0) is 4.79 Å². The van der Waals surface area contributed by atoms with Gasteiger partial charge < -0.3 is 10.2 Å². The Kier molecular flexibility index (Phi) is 4.83. The molecule has 0 unspecified atom stereocenters. The maximum atomic E-state index is 13.3. The van der Waals surface area contributed by atoms with Crippen molar-refractivity contribution in [2.45, 2.75) is 32.6 Å². The number of halogens is 2. The second kappa shape index (κ2) is 6.85. The molecule has 0 radical (unpaired) electrons. The molecule has 1 aliphatic heterocycles. The normalized spacial score (nSPS) is 22.2. The lowest BCUT2D eigenvalue weighted by atomic mass is 10.0. The first-order valence-corrected chi connectivity index (χ1v) is 8.49. The van der Waals surface area contributed by atoms with Crippen LogP contribution in [0.3, 0.4) is 0 Å². The molecule has 1 heterocycles. The highest BCUT2D eigenvalue weighted by Gasteiger charge is 2.29. The van der Waals surface area contributed by atoms with Crippen LogP contribution in [0.15, 0.2) is 18.2 Å². The van der Waals surface area contributed by atoms with Gasteiger partial charge in [-0.1, -0.05) is 6.92 Å². The van der Waals surface area contributed by atoms with E-state index >= 15 is 0 Å². The van der Waals surface area contributed by atoms with Crippen LogP contribution in [0, 0.1) is 29.4 Å². The van der Waals surface area contributed by atoms with Crippen molar-refractivity contribution < 1.29 is 13.6 Å². The molecule has 1 aromatic carbocycles. The van der Waals surface area contributed by atoms with Gasteiger partial charge in [0.25, 0.3) is 0 Å². The van der Waals surface area contributed by atoms with Crippen LogP contribution >= 0.6 is 0 Å². The van der Waals surface area contributed by atoms with E-state index in [1.54, 1.807) is 6.07 Å². The van der Waals surface area contributed by atoms with Gasteiger partial charge in [-0.15, -0.1) is 0 Å².